The van der Waals surface area contributed by atoms with Gasteiger partial charge in [0.1, 0.15) is 11.6 Å². The van der Waals surface area contributed by atoms with Gasteiger partial charge < -0.3 is 14.8 Å². The summed E-state index contributed by atoms with van der Waals surface area (Å²) in [6.07, 6.45) is 1.37. The monoisotopic (exact) mass is 438 g/mol. The lowest BCUT2D eigenvalue weighted by Crippen LogP contribution is -2.13. The van der Waals surface area contributed by atoms with Crippen molar-refractivity contribution in [3.63, 3.8) is 0 Å². The fraction of sp³-hybridized carbons (Fsp3) is 0.200. The number of hydrogen-bond donors (Lipinski definition) is 1. The summed E-state index contributed by atoms with van der Waals surface area (Å²) in [7, 11) is 1.46. The maximum Gasteiger partial charge on any atom is 0.288 e. The molecule has 1 N–H and O–H groups in total. The molecule has 0 aromatic heterocycles. The largest absolute Gasteiger partial charge is 0.491 e. The Balaban J connectivity index is 2.23. The minimum atomic E-state index is -2.53. The summed E-state index contributed by atoms with van der Waals surface area (Å²) >= 11 is 6.59. The van der Waals surface area contributed by atoms with E-state index in [1.165, 1.54) is 37.5 Å². The van der Waals surface area contributed by atoms with Crippen molar-refractivity contribution in [3.8, 4) is 17.6 Å². The second-order valence-corrected chi connectivity index (χ2v) is 6.96. The third-order valence-electron chi connectivity index (χ3n) is 3.55. The van der Waals surface area contributed by atoms with E-state index in [9.17, 15) is 18.8 Å². The van der Waals surface area contributed by atoms with Gasteiger partial charge >= 0.3 is 0 Å². The van der Waals surface area contributed by atoms with Crippen molar-refractivity contribution in [2.75, 3.05) is 19.0 Å². The van der Waals surface area contributed by atoms with Gasteiger partial charge in [-0.15, -0.1) is 0 Å². The molecule has 0 aliphatic rings. The van der Waals surface area contributed by atoms with Crippen LogP contribution in [0.15, 0.2) is 46.9 Å². The van der Waals surface area contributed by atoms with Crippen LogP contribution in [0.1, 0.15) is 12.5 Å². The Hall–Kier alpha value is -2.76. The lowest BCUT2D eigenvalue weighted by atomic mass is 10.1. The van der Waals surface area contributed by atoms with Crippen LogP contribution in [-0.4, -0.2) is 25.4 Å². The number of methoxy groups -OCH3 is 1. The first kappa shape index (κ1) is 22.5. The maximum absolute atomic E-state index is 12.4. The topological polar surface area (TPSA) is 71.3 Å². The highest BCUT2D eigenvalue weighted by Gasteiger charge is 2.14. The molecular weight excluding hydrogens is 422 g/mol. The van der Waals surface area contributed by atoms with Gasteiger partial charge in [-0.05, 0) is 55.0 Å². The van der Waals surface area contributed by atoms with Crippen molar-refractivity contribution in [2.24, 2.45) is 0 Å². The number of rotatable bonds is 8. The maximum atomic E-state index is 12.4. The van der Waals surface area contributed by atoms with E-state index in [0.717, 1.165) is 0 Å². The molecule has 0 radical (unpaired) electrons. The van der Waals surface area contributed by atoms with Crippen LogP contribution in [0, 0.1) is 11.3 Å². The minimum Gasteiger partial charge on any atom is -0.491 e. The van der Waals surface area contributed by atoms with Crippen LogP contribution in [0.4, 0.5) is 14.5 Å². The van der Waals surface area contributed by atoms with Crippen LogP contribution in [0.5, 0.6) is 11.5 Å². The van der Waals surface area contributed by atoms with E-state index in [1.807, 2.05) is 6.07 Å². The first-order valence-corrected chi connectivity index (χ1v) is 9.62. The highest BCUT2D eigenvalue weighted by Crippen LogP contribution is 2.37. The van der Waals surface area contributed by atoms with E-state index in [2.05, 4.69) is 5.32 Å². The molecular formula is C20H17ClF2N2O3S. The van der Waals surface area contributed by atoms with Crippen molar-refractivity contribution in [2.45, 2.75) is 17.6 Å². The molecule has 2 aromatic carbocycles. The third kappa shape index (κ3) is 6.38. The van der Waals surface area contributed by atoms with E-state index >= 15 is 0 Å². The molecule has 0 aliphatic carbocycles. The molecule has 0 saturated heterocycles. The van der Waals surface area contributed by atoms with Gasteiger partial charge in [0, 0.05) is 10.6 Å². The summed E-state index contributed by atoms with van der Waals surface area (Å²) in [4.78, 5) is 12.8. The number of thioether (sulfide) groups is 1. The molecule has 1 amide bonds. The smallest absolute Gasteiger partial charge is 0.288 e. The third-order valence-corrected chi connectivity index (χ3v) is 4.55. The van der Waals surface area contributed by atoms with Crippen molar-refractivity contribution >= 4 is 41.0 Å². The molecule has 0 fully saturated rings. The van der Waals surface area contributed by atoms with Gasteiger partial charge in [0.2, 0.25) is 0 Å². The predicted molar refractivity (Wildman–Crippen MR) is 110 cm³/mol. The van der Waals surface area contributed by atoms with Crippen molar-refractivity contribution in [1.29, 1.82) is 5.26 Å². The van der Waals surface area contributed by atoms with Crippen molar-refractivity contribution < 1.29 is 23.0 Å². The Morgan fingerprint density at radius 1 is 1.34 bits per heavy atom. The first-order valence-electron chi connectivity index (χ1n) is 8.36. The highest BCUT2D eigenvalue weighted by atomic mass is 35.5. The first-order chi connectivity index (χ1) is 13.9. The summed E-state index contributed by atoms with van der Waals surface area (Å²) in [6.45, 7) is 2.18. The van der Waals surface area contributed by atoms with Gasteiger partial charge in [-0.3, -0.25) is 4.79 Å². The van der Waals surface area contributed by atoms with Gasteiger partial charge in [-0.2, -0.15) is 14.0 Å². The number of halogens is 3. The highest BCUT2D eigenvalue weighted by molar-refractivity contribution is 7.99. The molecule has 0 atom stereocenters. The number of anilines is 1. The zero-order chi connectivity index (χ0) is 21.4. The second kappa shape index (κ2) is 10.7. The number of alkyl halides is 2. The number of amides is 1. The quantitative estimate of drug-likeness (QED) is 0.329. The Bertz CT molecular complexity index is 944. The van der Waals surface area contributed by atoms with Crippen LogP contribution < -0.4 is 14.8 Å². The second-order valence-electron chi connectivity index (χ2n) is 5.49. The van der Waals surface area contributed by atoms with Gasteiger partial charge in [0.05, 0.1) is 18.7 Å². The van der Waals surface area contributed by atoms with E-state index < -0.39 is 11.7 Å². The summed E-state index contributed by atoms with van der Waals surface area (Å²) in [6, 6.07) is 10.9. The molecule has 0 heterocycles. The summed E-state index contributed by atoms with van der Waals surface area (Å²) in [5, 5.41) is 12.2. The molecule has 0 bridgehead atoms. The molecule has 5 nitrogen and oxygen atoms in total. The molecule has 2 rings (SSSR count). The Morgan fingerprint density at radius 3 is 2.59 bits per heavy atom. The summed E-state index contributed by atoms with van der Waals surface area (Å²) < 4.78 is 35.4. The predicted octanol–water partition coefficient (Wildman–Crippen LogP) is 5.61. The zero-order valence-corrected chi connectivity index (χ0v) is 17.1. The van der Waals surface area contributed by atoms with Crippen LogP contribution in [0.2, 0.25) is 5.02 Å². The number of nitriles is 1. The van der Waals surface area contributed by atoms with Gasteiger partial charge in [-0.25, -0.2) is 0 Å². The SMILES string of the molecule is CCOc1cc(/C=C(\C#N)C(=O)Nc2ccc(SC(F)F)cc2)cc(Cl)c1OC. The standard InChI is InChI=1S/C20H17ClF2N2O3S/c1-3-28-17-10-12(9-16(21)18(17)27-2)8-13(11-24)19(26)25-14-4-6-15(7-5-14)29-20(22)23/h4-10,20H,3H2,1-2H3,(H,25,26)/b13-8+. The van der Waals surface area contributed by atoms with E-state index in [0.29, 0.717) is 46.0 Å². The fourth-order valence-electron chi connectivity index (χ4n) is 2.37. The van der Waals surface area contributed by atoms with Crippen LogP contribution in [-0.2, 0) is 4.79 Å². The molecule has 0 aliphatic heterocycles. The Kier molecular flexibility index (Phi) is 8.31. The lowest BCUT2D eigenvalue weighted by molar-refractivity contribution is -0.112. The van der Waals surface area contributed by atoms with E-state index in [-0.39, 0.29) is 10.6 Å². The number of ether oxygens (including phenoxy) is 2. The fourth-order valence-corrected chi connectivity index (χ4v) is 3.16. The number of carbonyl (C=O) groups is 1. The Labute approximate surface area is 176 Å². The zero-order valence-electron chi connectivity index (χ0n) is 15.5. The average molecular weight is 439 g/mol. The van der Waals surface area contributed by atoms with Crippen molar-refractivity contribution in [1.82, 2.24) is 0 Å². The molecule has 0 saturated carbocycles. The number of nitrogens with one attached hydrogen (secondary N) is 1. The van der Waals surface area contributed by atoms with E-state index in [1.54, 1.807) is 19.1 Å². The number of nitrogens with zero attached hydrogens (tertiary/aromatic N) is 1. The molecule has 29 heavy (non-hydrogen) atoms. The summed E-state index contributed by atoms with van der Waals surface area (Å²) in [5.41, 5.74) is 0.687. The molecule has 0 unspecified atom stereocenters. The number of benzene rings is 2. The van der Waals surface area contributed by atoms with E-state index in [4.69, 9.17) is 21.1 Å². The van der Waals surface area contributed by atoms with Crippen molar-refractivity contribution in [3.05, 3.63) is 52.6 Å². The normalized spacial score (nSPS) is 11.1. The molecule has 2 aromatic rings. The lowest BCUT2D eigenvalue weighted by Gasteiger charge is -2.12. The number of carbonyl (C=O) groups excluding carboxylic acids is 1. The van der Waals surface area contributed by atoms with Gasteiger partial charge in [-0.1, -0.05) is 23.4 Å². The molecule has 9 heteroatoms. The van der Waals surface area contributed by atoms with Gasteiger partial charge in [0.15, 0.2) is 11.5 Å². The van der Waals surface area contributed by atoms with Crippen LogP contribution in [0.3, 0.4) is 0 Å². The Morgan fingerprint density at radius 2 is 2.03 bits per heavy atom. The van der Waals surface area contributed by atoms with Crippen LogP contribution in [0.25, 0.3) is 6.08 Å². The average Bonchev–Trinajstić information content (AvgIpc) is 2.67. The summed E-state index contributed by atoms with van der Waals surface area (Å²) in [5.74, 6) is -2.43. The van der Waals surface area contributed by atoms with Gasteiger partial charge in [0.25, 0.3) is 11.7 Å². The molecule has 0 spiro atoms. The number of hydrogen-bond acceptors (Lipinski definition) is 5. The molecule has 152 valence electrons. The van der Waals surface area contributed by atoms with Crippen LogP contribution >= 0.6 is 23.4 Å². The minimum absolute atomic E-state index is 0.167.